The van der Waals surface area contributed by atoms with Gasteiger partial charge in [0.05, 0.1) is 11.8 Å². The van der Waals surface area contributed by atoms with E-state index in [-0.39, 0.29) is 6.04 Å². The summed E-state index contributed by atoms with van der Waals surface area (Å²) < 4.78 is 43.2. The van der Waals surface area contributed by atoms with Gasteiger partial charge < -0.3 is 9.73 Å². The standard InChI is InChI=1S/C15H16F3NO/c1-19-13(10-14-6-3-7-20-14)9-11-4-2-5-12(8-11)15(16,17)18/h2-8,13,19H,9-10H2,1H3. The largest absolute Gasteiger partial charge is 0.469 e. The fourth-order valence-electron chi connectivity index (χ4n) is 2.11. The van der Waals surface area contributed by atoms with Crippen LogP contribution in [0, 0.1) is 0 Å². The number of hydrogen-bond donors (Lipinski definition) is 1. The predicted molar refractivity (Wildman–Crippen MR) is 70.4 cm³/mol. The normalized spacial score (nSPS) is 13.4. The van der Waals surface area contributed by atoms with Gasteiger partial charge in [-0.1, -0.05) is 18.2 Å². The zero-order chi connectivity index (χ0) is 14.6. The number of hydrogen-bond acceptors (Lipinski definition) is 2. The number of halogens is 3. The smallest absolute Gasteiger partial charge is 0.416 e. The Hall–Kier alpha value is -1.75. The Kier molecular flexibility index (Phi) is 4.49. The molecular formula is C15H16F3NO. The van der Waals surface area contributed by atoms with Gasteiger partial charge in [-0.3, -0.25) is 0 Å². The molecule has 1 aromatic carbocycles. The molecule has 0 fully saturated rings. The van der Waals surface area contributed by atoms with Gasteiger partial charge in [0, 0.05) is 12.5 Å². The summed E-state index contributed by atoms with van der Waals surface area (Å²) in [5.41, 5.74) is 0.0496. The van der Waals surface area contributed by atoms with Gasteiger partial charge >= 0.3 is 6.18 Å². The first-order chi connectivity index (χ1) is 9.49. The molecule has 1 heterocycles. The highest BCUT2D eigenvalue weighted by Crippen LogP contribution is 2.29. The molecular weight excluding hydrogens is 267 g/mol. The van der Waals surface area contributed by atoms with E-state index < -0.39 is 11.7 Å². The Morgan fingerprint density at radius 1 is 1.15 bits per heavy atom. The minimum atomic E-state index is -4.30. The van der Waals surface area contributed by atoms with Gasteiger partial charge in [0.15, 0.2) is 0 Å². The summed E-state index contributed by atoms with van der Waals surface area (Å²) in [6.45, 7) is 0. The van der Waals surface area contributed by atoms with Crippen molar-refractivity contribution in [2.75, 3.05) is 7.05 Å². The Morgan fingerprint density at radius 2 is 1.95 bits per heavy atom. The van der Waals surface area contributed by atoms with Gasteiger partial charge in [-0.25, -0.2) is 0 Å². The molecule has 1 atom stereocenters. The maximum Gasteiger partial charge on any atom is 0.416 e. The van der Waals surface area contributed by atoms with E-state index in [9.17, 15) is 13.2 Å². The highest BCUT2D eigenvalue weighted by atomic mass is 19.4. The maximum atomic E-state index is 12.7. The van der Waals surface area contributed by atoms with Crippen molar-refractivity contribution in [2.45, 2.75) is 25.1 Å². The van der Waals surface area contributed by atoms with Crippen LogP contribution in [0.25, 0.3) is 0 Å². The van der Waals surface area contributed by atoms with Crippen molar-refractivity contribution >= 4 is 0 Å². The van der Waals surface area contributed by atoms with Gasteiger partial charge in [-0.05, 0) is 37.2 Å². The molecule has 0 aliphatic heterocycles. The third kappa shape index (κ3) is 3.87. The lowest BCUT2D eigenvalue weighted by atomic mass is 10.0. The lowest BCUT2D eigenvalue weighted by molar-refractivity contribution is -0.137. The Balaban J connectivity index is 2.07. The predicted octanol–water partition coefficient (Wildman–Crippen LogP) is 3.67. The van der Waals surface area contributed by atoms with Crippen LogP contribution in [0.2, 0.25) is 0 Å². The highest BCUT2D eigenvalue weighted by Gasteiger charge is 2.30. The molecule has 0 spiro atoms. The van der Waals surface area contributed by atoms with Crippen LogP contribution in [0.5, 0.6) is 0 Å². The molecule has 0 saturated carbocycles. The van der Waals surface area contributed by atoms with Crippen molar-refractivity contribution in [1.82, 2.24) is 5.32 Å². The minimum absolute atomic E-state index is 0.0321. The SMILES string of the molecule is CNC(Cc1cccc(C(F)(F)F)c1)Cc1ccco1. The summed E-state index contributed by atoms with van der Waals surface area (Å²) in [7, 11) is 1.79. The van der Waals surface area contributed by atoms with Crippen molar-refractivity contribution in [3.8, 4) is 0 Å². The second-order valence-corrected chi connectivity index (χ2v) is 4.67. The van der Waals surface area contributed by atoms with Crippen molar-refractivity contribution in [3.05, 3.63) is 59.5 Å². The van der Waals surface area contributed by atoms with Crippen LogP contribution in [0.15, 0.2) is 47.1 Å². The molecule has 0 saturated heterocycles. The number of benzene rings is 1. The Bertz CT molecular complexity index is 534. The summed E-state index contributed by atoms with van der Waals surface area (Å²) in [5, 5.41) is 3.11. The van der Waals surface area contributed by atoms with Gasteiger partial charge in [-0.2, -0.15) is 13.2 Å². The van der Waals surface area contributed by atoms with Crippen LogP contribution >= 0.6 is 0 Å². The zero-order valence-electron chi connectivity index (χ0n) is 11.1. The number of likely N-dealkylation sites (N-methyl/N-ethyl adjacent to an activating group) is 1. The lowest BCUT2D eigenvalue weighted by Crippen LogP contribution is -2.29. The van der Waals surface area contributed by atoms with E-state index >= 15 is 0 Å². The topological polar surface area (TPSA) is 25.2 Å². The van der Waals surface area contributed by atoms with Crippen molar-refractivity contribution in [2.24, 2.45) is 0 Å². The highest BCUT2D eigenvalue weighted by molar-refractivity contribution is 5.26. The van der Waals surface area contributed by atoms with Crippen LogP contribution in [0.1, 0.15) is 16.9 Å². The summed E-state index contributed by atoms with van der Waals surface area (Å²) in [6.07, 6.45) is -1.56. The molecule has 1 aromatic heterocycles. The van der Waals surface area contributed by atoms with Gasteiger partial charge in [0.1, 0.15) is 5.76 Å². The number of alkyl halides is 3. The Labute approximate surface area is 115 Å². The molecule has 20 heavy (non-hydrogen) atoms. The quantitative estimate of drug-likeness (QED) is 0.905. The Morgan fingerprint density at radius 3 is 2.55 bits per heavy atom. The van der Waals surface area contributed by atoms with Crippen molar-refractivity contribution in [3.63, 3.8) is 0 Å². The van der Waals surface area contributed by atoms with Gasteiger partial charge in [0.2, 0.25) is 0 Å². The minimum Gasteiger partial charge on any atom is -0.469 e. The maximum absolute atomic E-state index is 12.7. The van der Waals surface area contributed by atoms with Crippen LogP contribution in [0.3, 0.4) is 0 Å². The number of rotatable bonds is 5. The number of nitrogens with one attached hydrogen (secondary N) is 1. The molecule has 0 bridgehead atoms. The lowest BCUT2D eigenvalue weighted by Gasteiger charge is -2.16. The number of furan rings is 1. The van der Waals surface area contributed by atoms with Gasteiger partial charge in [-0.15, -0.1) is 0 Å². The summed E-state index contributed by atoms with van der Waals surface area (Å²) in [6, 6.07) is 9.13. The van der Waals surface area contributed by atoms with E-state index in [1.54, 1.807) is 25.4 Å². The summed E-state index contributed by atoms with van der Waals surface area (Å²) >= 11 is 0. The molecule has 1 unspecified atom stereocenters. The molecule has 2 aromatic rings. The molecule has 0 aliphatic rings. The van der Waals surface area contributed by atoms with Crippen molar-refractivity contribution in [1.29, 1.82) is 0 Å². The first kappa shape index (κ1) is 14.7. The van der Waals surface area contributed by atoms with Crippen LogP contribution in [-0.4, -0.2) is 13.1 Å². The van der Waals surface area contributed by atoms with Gasteiger partial charge in [0.25, 0.3) is 0 Å². The second kappa shape index (κ2) is 6.13. The molecule has 108 valence electrons. The molecule has 1 N–H and O–H groups in total. The van der Waals surface area contributed by atoms with E-state index in [0.717, 1.165) is 11.8 Å². The molecule has 0 radical (unpaired) electrons. The third-order valence-electron chi connectivity index (χ3n) is 3.17. The fraction of sp³-hybridized carbons (Fsp3) is 0.333. The van der Waals surface area contributed by atoms with E-state index in [4.69, 9.17) is 4.42 Å². The summed E-state index contributed by atoms with van der Waals surface area (Å²) in [5.74, 6) is 0.816. The van der Waals surface area contributed by atoms with E-state index in [1.807, 2.05) is 6.07 Å². The van der Waals surface area contributed by atoms with Crippen molar-refractivity contribution < 1.29 is 17.6 Å². The van der Waals surface area contributed by atoms with Crippen LogP contribution in [0.4, 0.5) is 13.2 Å². The average Bonchev–Trinajstić information content (AvgIpc) is 2.90. The zero-order valence-corrected chi connectivity index (χ0v) is 11.1. The molecule has 0 aliphatic carbocycles. The first-order valence-electron chi connectivity index (χ1n) is 6.35. The average molecular weight is 283 g/mol. The van der Waals surface area contributed by atoms with E-state index in [1.165, 1.54) is 12.1 Å². The van der Waals surface area contributed by atoms with E-state index in [0.29, 0.717) is 18.4 Å². The fourth-order valence-corrected chi connectivity index (χ4v) is 2.11. The molecule has 2 rings (SSSR count). The monoisotopic (exact) mass is 283 g/mol. The molecule has 5 heteroatoms. The summed E-state index contributed by atoms with van der Waals surface area (Å²) in [4.78, 5) is 0. The van der Waals surface area contributed by atoms with Crippen LogP contribution in [-0.2, 0) is 19.0 Å². The third-order valence-corrected chi connectivity index (χ3v) is 3.17. The van der Waals surface area contributed by atoms with Crippen LogP contribution < -0.4 is 5.32 Å². The first-order valence-corrected chi connectivity index (χ1v) is 6.35. The van der Waals surface area contributed by atoms with E-state index in [2.05, 4.69) is 5.32 Å². The molecule has 2 nitrogen and oxygen atoms in total. The second-order valence-electron chi connectivity index (χ2n) is 4.67. The molecule has 0 amide bonds.